The number of hydrogen-bond donors (Lipinski definition) is 1. The lowest BCUT2D eigenvalue weighted by atomic mass is 10.2. The van der Waals surface area contributed by atoms with Crippen molar-refractivity contribution in [2.75, 3.05) is 23.8 Å². The van der Waals surface area contributed by atoms with Crippen LogP contribution in [0, 0.1) is 5.82 Å². The van der Waals surface area contributed by atoms with Crippen molar-refractivity contribution in [3.05, 3.63) is 54.0 Å². The number of amides is 1. The standard InChI is InChI=1S/C16H18FN3O/c1-3-9-18-15-11-12(8-10-19-15)16(21)20(2)14-6-4-13(17)5-7-14/h4-8,10-11H,3,9H2,1-2H3,(H,18,19). The Morgan fingerprint density at radius 2 is 2.00 bits per heavy atom. The van der Waals surface area contributed by atoms with Gasteiger partial charge in [-0.15, -0.1) is 0 Å². The number of halogens is 1. The average molecular weight is 287 g/mol. The highest BCUT2D eigenvalue weighted by Gasteiger charge is 2.14. The van der Waals surface area contributed by atoms with Gasteiger partial charge in [-0.1, -0.05) is 6.92 Å². The van der Waals surface area contributed by atoms with E-state index in [2.05, 4.69) is 17.2 Å². The minimum atomic E-state index is -0.324. The van der Waals surface area contributed by atoms with E-state index in [1.807, 2.05) is 0 Å². The van der Waals surface area contributed by atoms with Gasteiger partial charge in [-0.3, -0.25) is 4.79 Å². The predicted molar refractivity (Wildman–Crippen MR) is 82.2 cm³/mol. The minimum absolute atomic E-state index is 0.163. The largest absolute Gasteiger partial charge is 0.370 e. The van der Waals surface area contributed by atoms with E-state index >= 15 is 0 Å². The molecule has 2 aromatic rings. The van der Waals surface area contributed by atoms with E-state index < -0.39 is 0 Å². The number of hydrogen-bond acceptors (Lipinski definition) is 3. The van der Waals surface area contributed by atoms with Gasteiger partial charge in [0.2, 0.25) is 0 Å². The number of nitrogens with zero attached hydrogens (tertiary/aromatic N) is 2. The molecular formula is C16H18FN3O. The molecule has 0 bridgehead atoms. The molecule has 1 aromatic heterocycles. The van der Waals surface area contributed by atoms with Crippen LogP contribution in [0.2, 0.25) is 0 Å². The third kappa shape index (κ3) is 3.78. The first-order chi connectivity index (χ1) is 10.1. The van der Waals surface area contributed by atoms with Gasteiger partial charge in [0.05, 0.1) is 0 Å². The van der Waals surface area contributed by atoms with Crippen LogP contribution in [0.25, 0.3) is 0 Å². The van der Waals surface area contributed by atoms with Crippen LogP contribution in [0.3, 0.4) is 0 Å². The molecule has 0 aliphatic rings. The Balaban J connectivity index is 2.17. The Kier molecular flexibility index (Phi) is 4.87. The number of carbonyl (C=O) groups excluding carboxylic acids is 1. The monoisotopic (exact) mass is 287 g/mol. The lowest BCUT2D eigenvalue weighted by molar-refractivity contribution is 0.0993. The number of pyridine rings is 1. The molecule has 21 heavy (non-hydrogen) atoms. The molecular weight excluding hydrogens is 269 g/mol. The van der Waals surface area contributed by atoms with Gasteiger partial charge in [0, 0.05) is 31.0 Å². The highest BCUT2D eigenvalue weighted by atomic mass is 19.1. The summed E-state index contributed by atoms with van der Waals surface area (Å²) in [5, 5.41) is 3.14. The number of anilines is 2. The van der Waals surface area contributed by atoms with E-state index in [-0.39, 0.29) is 11.7 Å². The minimum Gasteiger partial charge on any atom is -0.370 e. The van der Waals surface area contributed by atoms with Crippen LogP contribution >= 0.6 is 0 Å². The molecule has 0 saturated carbocycles. The molecule has 1 amide bonds. The molecule has 110 valence electrons. The van der Waals surface area contributed by atoms with E-state index in [0.717, 1.165) is 13.0 Å². The van der Waals surface area contributed by atoms with Gasteiger partial charge in [-0.2, -0.15) is 0 Å². The SMILES string of the molecule is CCCNc1cc(C(=O)N(C)c2ccc(F)cc2)ccn1. The summed E-state index contributed by atoms with van der Waals surface area (Å²) in [5.41, 5.74) is 1.18. The van der Waals surface area contributed by atoms with Gasteiger partial charge in [0.1, 0.15) is 11.6 Å². The molecule has 0 aliphatic heterocycles. The smallest absolute Gasteiger partial charge is 0.258 e. The average Bonchev–Trinajstić information content (AvgIpc) is 2.52. The first kappa shape index (κ1) is 15.0. The van der Waals surface area contributed by atoms with Gasteiger partial charge in [0.25, 0.3) is 5.91 Å². The first-order valence-electron chi connectivity index (χ1n) is 6.85. The van der Waals surface area contributed by atoms with E-state index in [4.69, 9.17) is 0 Å². The van der Waals surface area contributed by atoms with Crippen molar-refractivity contribution >= 4 is 17.4 Å². The van der Waals surface area contributed by atoms with Crippen LogP contribution in [-0.2, 0) is 0 Å². The molecule has 5 heteroatoms. The molecule has 1 N–H and O–H groups in total. The zero-order valence-corrected chi connectivity index (χ0v) is 12.1. The van der Waals surface area contributed by atoms with Crippen LogP contribution in [0.4, 0.5) is 15.9 Å². The molecule has 0 spiro atoms. The molecule has 4 nitrogen and oxygen atoms in total. The third-order valence-corrected chi connectivity index (χ3v) is 3.08. The van der Waals surface area contributed by atoms with E-state index in [0.29, 0.717) is 17.1 Å². The fraction of sp³-hybridized carbons (Fsp3) is 0.250. The second-order valence-electron chi connectivity index (χ2n) is 4.70. The highest BCUT2D eigenvalue weighted by Crippen LogP contribution is 2.17. The van der Waals surface area contributed by atoms with Crippen LogP contribution < -0.4 is 10.2 Å². The number of benzene rings is 1. The first-order valence-corrected chi connectivity index (χ1v) is 6.85. The molecule has 2 rings (SSSR count). The molecule has 0 saturated heterocycles. The topological polar surface area (TPSA) is 45.2 Å². The van der Waals surface area contributed by atoms with Crippen molar-refractivity contribution < 1.29 is 9.18 Å². The van der Waals surface area contributed by atoms with Crippen molar-refractivity contribution in [2.24, 2.45) is 0 Å². The molecule has 0 atom stereocenters. The lowest BCUT2D eigenvalue weighted by Gasteiger charge is -2.17. The summed E-state index contributed by atoms with van der Waals surface area (Å²) in [6, 6.07) is 9.20. The maximum Gasteiger partial charge on any atom is 0.258 e. The van der Waals surface area contributed by atoms with E-state index in [9.17, 15) is 9.18 Å². The second kappa shape index (κ2) is 6.83. The van der Waals surface area contributed by atoms with Crippen molar-refractivity contribution in [1.29, 1.82) is 0 Å². The lowest BCUT2D eigenvalue weighted by Crippen LogP contribution is -2.26. The fourth-order valence-corrected chi connectivity index (χ4v) is 1.89. The molecule has 1 aromatic carbocycles. The number of aromatic nitrogens is 1. The summed E-state index contributed by atoms with van der Waals surface area (Å²) in [5.74, 6) is 0.188. The summed E-state index contributed by atoms with van der Waals surface area (Å²) in [6.07, 6.45) is 2.58. The number of carbonyl (C=O) groups is 1. The predicted octanol–water partition coefficient (Wildman–Crippen LogP) is 3.32. The van der Waals surface area contributed by atoms with Crippen LogP contribution in [0.5, 0.6) is 0 Å². The summed E-state index contributed by atoms with van der Waals surface area (Å²) < 4.78 is 12.9. The zero-order valence-electron chi connectivity index (χ0n) is 12.1. The van der Waals surface area contributed by atoms with Gasteiger partial charge in [-0.25, -0.2) is 9.37 Å². The van der Waals surface area contributed by atoms with E-state index in [1.165, 1.54) is 17.0 Å². The van der Waals surface area contributed by atoms with Gasteiger partial charge in [0.15, 0.2) is 0 Å². The summed E-state index contributed by atoms with van der Waals surface area (Å²) in [4.78, 5) is 18.1. The number of nitrogens with one attached hydrogen (secondary N) is 1. The van der Waals surface area contributed by atoms with Crippen LogP contribution in [0.15, 0.2) is 42.6 Å². The van der Waals surface area contributed by atoms with Crippen molar-refractivity contribution in [1.82, 2.24) is 4.98 Å². The molecule has 0 radical (unpaired) electrons. The van der Waals surface area contributed by atoms with Crippen molar-refractivity contribution in [3.8, 4) is 0 Å². The Hall–Kier alpha value is -2.43. The highest BCUT2D eigenvalue weighted by molar-refractivity contribution is 6.06. The Labute approximate surface area is 123 Å². The summed E-state index contributed by atoms with van der Waals surface area (Å²) >= 11 is 0. The molecule has 0 fully saturated rings. The maximum atomic E-state index is 12.9. The molecule has 1 heterocycles. The van der Waals surface area contributed by atoms with E-state index in [1.54, 1.807) is 37.5 Å². The quantitative estimate of drug-likeness (QED) is 0.917. The maximum absolute atomic E-state index is 12.9. The second-order valence-corrected chi connectivity index (χ2v) is 4.70. The van der Waals surface area contributed by atoms with Gasteiger partial charge in [-0.05, 0) is 42.8 Å². The van der Waals surface area contributed by atoms with Gasteiger partial charge < -0.3 is 10.2 Å². The fourth-order valence-electron chi connectivity index (χ4n) is 1.89. The van der Waals surface area contributed by atoms with Crippen LogP contribution in [0.1, 0.15) is 23.7 Å². The summed E-state index contributed by atoms with van der Waals surface area (Å²) in [7, 11) is 1.66. The van der Waals surface area contributed by atoms with Crippen molar-refractivity contribution in [2.45, 2.75) is 13.3 Å². The molecule has 0 unspecified atom stereocenters. The summed E-state index contributed by atoms with van der Waals surface area (Å²) in [6.45, 7) is 2.86. The third-order valence-electron chi connectivity index (χ3n) is 3.08. The normalized spacial score (nSPS) is 10.2. The Bertz CT molecular complexity index is 613. The number of rotatable bonds is 5. The van der Waals surface area contributed by atoms with Crippen molar-refractivity contribution in [3.63, 3.8) is 0 Å². The molecule has 0 aliphatic carbocycles. The zero-order chi connectivity index (χ0) is 15.2. The van der Waals surface area contributed by atoms with Gasteiger partial charge >= 0.3 is 0 Å². The Morgan fingerprint density at radius 3 is 2.67 bits per heavy atom. The van der Waals surface area contributed by atoms with Crippen LogP contribution in [-0.4, -0.2) is 24.5 Å². The Morgan fingerprint density at radius 1 is 1.29 bits per heavy atom.